The smallest absolute Gasteiger partial charge is 0.270 e. The molecule has 0 fully saturated rings. The molecule has 1 aromatic heterocycles. The number of nitrogens with zero attached hydrogens (tertiary/aromatic N) is 2. The molecule has 0 aliphatic carbocycles. The van der Waals surface area contributed by atoms with Crippen LogP contribution in [0, 0.1) is 23.0 Å². The van der Waals surface area contributed by atoms with Crippen LogP contribution in [0.3, 0.4) is 0 Å². The van der Waals surface area contributed by atoms with E-state index < -0.39 is 4.92 Å². The zero-order valence-electron chi connectivity index (χ0n) is 15.3. The van der Waals surface area contributed by atoms with Crippen molar-refractivity contribution < 1.29 is 9.72 Å². The van der Waals surface area contributed by atoms with E-state index in [1.54, 1.807) is 33.2 Å². The van der Waals surface area contributed by atoms with Crippen LogP contribution in [0.4, 0.5) is 5.69 Å². The lowest BCUT2D eigenvalue weighted by atomic mass is 10.1. The number of rotatable bonds is 4. The van der Waals surface area contributed by atoms with Gasteiger partial charge in [0, 0.05) is 43.1 Å². The van der Waals surface area contributed by atoms with Gasteiger partial charge < -0.3 is 9.88 Å². The summed E-state index contributed by atoms with van der Waals surface area (Å²) in [6.07, 6.45) is 2.06. The van der Waals surface area contributed by atoms with Crippen LogP contribution in [0.1, 0.15) is 32.3 Å². The molecule has 1 amide bonds. The zero-order chi connectivity index (χ0) is 19.1. The van der Waals surface area contributed by atoms with Gasteiger partial charge in [0.05, 0.1) is 10.4 Å². The number of nitro groups is 1. The molecule has 1 aromatic carbocycles. The van der Waals surface area contributed by atoms with Crippen LogP contribution in [0.2, 0.25) is 0 Å². The highest BCUT2D eigenvalue weighted by Gasteiger charge is 2.09. The summed E-state index contributed by atoms with van der Waals surface area (Å²) in [4.78, 5) is 32.6. The van der Waals surface area contributed by atoms with Crippen molar-refractivity contribution in [1.82, 2.24) is 9.88 Å². The summed E-state index contributed by atoms with van der Waals surface area (Å²) in [7, 11) is 3.33. The van der Waals surface area contributed by atoms with Gasteiger partial charge in [-0.15, -0.1) is 0 Å². The fourth-order valence-electron chi connectivity index (χ4n) is 2.56. The maximum atomic E-state index is 11.6. The minimum Gasteiger partial charge on any atom is -0.359 e. The topological polar surface area (TPSA) is 94.2 Å². The molecular formula is C18H25N3O4. The van der Waals surface area contributed by atoms with E-state index in [2.05, 4.69) is 12.2 Å². The number of amides is 1. The summed E-state index contributed by atoms with van der Waals surface area (Å²) in [5.41, 5.74) is 1.23. The lowest BCUT2D eigenvalue weighted by Gasteiger charge is -2.06. The van der Waals surface area contributed by atoms with Crippen molar-refractivity contribution in [3.8, 4) is 0 Å². The van der Waals surface area contributed by atoms with E-state index in [0.717, 1.165) is 12.8 Å². The van der Waals surface area contributed by atoms with E-state index in [1.165, 1.54) is 16.7 Å². The Hall–Kier alpha value is -2.70. The highest BCUT2D eigenvalue weighted by molar-refractivity contribution is 5.82. The van der Waals surface area contributed by atoms with Gasteiger partial charge in [0.2, 0.25) is 5.91 Å². The number of nitrogens with one attached hydrogen (secondary N) is 1. The van der Waals surface area contributed by atoms with Crippen LogP contribution < -0.4 is 10.9 Å². The molecular weight excluding hydrogens is 322 g/mol. The number of aromatic nitrogens is 1. The predicted molar refractivity (Wildman–Crippen MR) is 98.7 cm³/mol. The molecule has 0 saturated carbocycles. The molecule has 0 bridgehead atoms. The number of carbonyl (C=O) groups is 1. The SMILES string of the molecule is CCCC(C)C(=O)NC.Cc1cc2cc([N+](=O)[O-])ccc2n(C)c1=O. The largest absolute Gasteiger partial charge is 0.359 e. The lowest BCUT2D eigenvalue weighted by Crippen LogP contribution is -2.24. The summed E-state index contributed by atoms with van der Waals surface area (Å²) in [6.45, 7) is 5.72. The van der Waals surface area contributed by atoms with E-state index in [9.17, 15) is 19.7 Å². The minimum absolute atomic E-state index is 0.0329. The third kappa shape index (κ3) is 5.14. The molecule has 2 rings (SSSR count). The lowest BCUT2D eigenvalue weighted by molar-refractivity contribution is -0.384. The zero-order valence-corrected chi connectivity index (χ0v) is 15.3. The van der Waals surface area contributed by atoms with E-state index in [-0.39, 0.29) is 23.1 Å². The number of pyridine rings is 1. The summed E-state index contributed by atoms with van der Waals surface area (Å²) in [6, 6.07) is 6.14. The Morgan fingerprint density at radius 2 is 2.00 bits per heavy atom. The van der Waals surface area contributed by atoms with Crippen LogP contribution in [0.15, 0.2) is 29.1 Å². The summed E-state index contributed by atoms with van der Waals surface area (Å²) in [5, 5.41) is 13.9. The fraction of sp³-hybridized carbons (Fsp3) is 0.444. The molecule has 0 radical (unpaired) electrons. The van der Waals surface area contributed by atoms with Crippen LogP contribution in [-0.4, -0.2) is 22.4 Å². The van der Waals surface area contributed by atoms with Gasteiger partial charge in [-0.2, -0.15) is 0 Å². The van der Waals surface area contributed by atoms with Crippen LogP contribution in [0.25, 0.3) is 10.9 Å². The second kappa shape index (κ2) is 8.96. The van der Waals surface area contributed by atoms with Crippen molar-refractivity contribution in [3.05, 3.63) is 50.3 Å². The number of hydrogen-bond donors (Lipinski definition) is 1. The van der Waals surface area contributed by atoms with Gasteiger partial charge in [-0.05, 0) is 25.5 Å². The maximum absolute atomic E-state index is 11.6. The molecule has 25 heavy (non-hydrogen) atoms. The van der Waals surface area contributed by atoms with E-state index >= 15 is 0 Å². The van der Waals surface area contributed by atoms with E-state index in [4.69, 9.17) is 0 Å². The molecule has 1 heterocycles. The number of benzene rings is 1. The highest BCUT2D eigenvalue weighted by atomic mass is 16.6. The third-order valence-corrected chi connectivity index (χ3v) is 4.01. The Morgan fingerprint density at radius 1 is 1.36 bits per heavy atom. The van der Waals surface area contributed by atoms with E-state index in [0.29, 0.717) is 16.5 Å². The van der Waals surface area contributed by atoms with Gasteiger partial charge in [0.1, 0.15) is 0 Å². The van der Waals surface area contributed by atoms with Gasteiger partial charge in [0.15, 0.2) is 0 Å². The van der Waals surface area contributed by atoms with Gasteiger partial charge in [-0.1, -0.05) is 20.3 Å². The average molecular weight is 347 g/mol. The van der Waals surface area contributed by atoms with Gasteiger partial charge in [-0.3, -0.25) is 19.7 Å². The van der Waals surface area contributed by atoms with Crippen molar-refractivity contribution in [2.45, 2.75) is 33.6 Å². The average Bonchev–Trinajstić information content (AvgIpc) is 2.59. The third-order valence-electron chi connectivity index (χ3n) is 4.01. The first-order chi connectivity index (χ1) is 11.7. The highest BCUT2D eigenvalue weighted by Crippen LogP contribution is 2.19. The molecule has 0 spiro atoms. The van der Waals surface area contributed by atoms with Crippen LogP contribution in [-0.2, 0) is 11.8 Å². The quantitative estimate of drug-likeness (QED) is 0.679. The van der Waals surface area contributed by atoms with Crippen LogP contribution in [0.5, 0.6) is 0 Å². The normalized spacial score (nSPS) is 11.4. The van der Waals surface area contributed by atoms with Crippen molar-refractivity contribution in [1.29, 1.82) is 0 Å². The number of fused-ring (bicyclic) bond motifs is 1. The first-order valence-corrected chi connectivity index (χ1v) is 8.19. The van der Waals surface area contributed by atoms with E-state index in [1.807, 2.05) is 6.92 Å². The molecule has 7 nitrogen and oxygen atoms in total. The van der Waals surface area contributed by atoms with Crippen LogP contribution >= 0.6 is 0 Å². The number of aryl methyl sites for hydroxylation is 2. The summed E-state index contributed by atoms with van der Waals surface area (Å²) < 4.78 is 1.49. The second-order valence-electron chi connectivity index (χ2n) is 6.00. The number of nitro benzene ring substituents is 1. The predicted octanol–water partition coefficient (Wildman–Crippen LogP) is 2.92. The van der Waals surface area contributed by atoms with Crippen molar-refractivity contribution in [2.75, 3.05) is 7.05 Å². The molecule has 2 aromatic rings. The molecule has 7 heteroatoms. The van der Waals surface area contributed by atoms with Gasteiger partial charge in [0.25, 0.3) is 11.2 Å². The standard InChI is InChI=1S/C11H10N2O3.C7H15NO/c1-7-5-8-6-9(13(15)16)3-4-10(8)12(2)11(7)14;1-4-5-6(2)7(9)8-3/h3-6H,1-2H3;6H,4-5H2,1-3H3,(H,8,9). The molecule has 1 atom stereocenters. The molecule has 0 saturated heterocycles. The number of hydrogen-bond acceptors (Lipinski definition) is 4. The molecule has 136 valence electrons. The Balaban J connectivity index is 0.000000299. The first-order valence-electron chi connectivity index (χ1n) is 8.19. The Morgan fingerprint density at radius 3 is 2.52 bits per heavy atom. The molecule has 0 aliphatic rings. The summed E-state index contributed by atoms with van der Waals surface area (Å²) >= 11 is 0. The fourth-order valence-corrected chi connectivity index (χ4v) is 2.56. The van der Waals surface area contributed by atoms with Crippen molar-refractivity contribution in [2.24, 2.45) is 13.0 Å². The van der Waals surface area contributed by atoms with Gasteiger partial charge >= 0.3 is 0 Å². The Labute approximate surface area is 146 Å². The van der Waals surface area contributed by atoms with Gasteiger partial charge in [-0.25, -0.2) is 0 Å². The Kier molecular flexibility index (Phi) is 7.29. The number of non-ortho nitro benzene ring substituents is 1. The molecule has 1 N–H and O–H groups in total. The maximum Gasteiger partial charge on any atom is 0.270 e. The molecule has 0 aliphatic heterocycles. The van der Waals surface area contributed by atoms with Crippen molar-refractivity contribution in [3.63, 3.8) is 0 Å². The van der Waals surface area contributed by atoms with Crippen molar-refractivity contribution >= 4 is 22.5 Å². The first kappa shape index (κ1) is 20.3. The number of carbonyl (C=O) groups excluding carboxylic acids is 1. The monoisotopic (exact) mass is 347 g/mol. The molecule has 1 unspecified atom stereocenters. The summed E-state index contributed by atoms with van der Waals surface area (Å²) in [5.74, 6) is 0.330. The Bertz CT molecular complexity index is 827. The second-order valence-corrected chi connectivity index (χ2v) is 6.00. The minimum atomic E-state index is -0.445.